The summed E-state index contributed by atoms with van der Waals surface area (Å²) in [5.74, 6) is 0.288. The van der Waals surface area contributed by atoms with Gasteiger partial charge >= 0.3 is 6.03 Å². The van der Waals surface area contributed by atoms with Gasteiger partial charge < -0.3 is 20.3 Å². The summed E-state index contributed by atoms with van der Waals surface area (Å²) in [6.07, 6.45) is 0.618. The first-order chi connectivity index (χ1) is 15.4. The maximum Gasteiger partial charge on any atom is 0.319 e. The Kier molecular flexibility index (Phi) is 6.07. The van der Waals surface area contributed by atoms with Gasteiger partial charge in [0.25, 0.3) is 5.91 Å². The highest BCUT2D eigenvalue weighted by Crippen LogP contribution is 2.35. The van der Waals surface area contributed by atoms with Crippen LogP contribution >= 0.6 is 0 Å². The van der Waals surface area contributed by atoms with E-state index in [2.05, 4.69) is 10.6 Å². The summed E-state index contributed by atoms with van der Waals surface area (Å²) in [5.41, 5.74) is 3.81. The van der Waals surface area contributed by atoms with Crippen molar-refractivity contribution in [2.24, 2.45) is 0 Å². The van der Waals surface area contributed by atoms with E-state index >= 15 is 0 Å². The molecular weight excluding hydrogens is 409 g/mol. The van der Waals surface area contributed by atoms with Gasteiger partial charge in [-0.2, -0.15) is 0 Å². The fourth-order valence-corrected chi connectivity index (χ4v) is 3.67. The highest BCUT2D eigenvalue weighted by Gasteiger charge is 2.24. The summed E-state index contributed by atoms with van der Waals surface area (Å²) in [5, 5.41) is 5.70. The first kappa shape index (κ1) is 21.4. The van der Waals surface area contributed by atoms with Gasteiger partial charge in [0.1, 0.15) is 11.6 Å². The third-order valence-electron chi connectivity index (χ3n) is 5.31. The highest BCUT2D eigenvalue weighted by atomic mass is 19.1. The fourth-order valence-electron chi connectivity index (χ4n) is 3.67. The molecule has 0 fully saturated rings. The third-order valence-corrected chi connectivity index (χ3v) is 5.31. The first-order valence-corrected chi connectivity index (χ1v) is 10.3. The van der Waals surface area contributed by atoms with Gasteiger partial charge in [-0.25, -0.2) is 9.18 Å². The molecule has 1 atom stereocenters. The van der Waals surface area contributed by atoms with Gasteiger partial charge in [-0.3, -0.25) is 4.79 Å². The maximum absolute atomic E-state index is 13.1. The van der Waals surface area contributed by atoms with Gasteiger partial charge in [0.2, 0.25) is 0 Å². The number of carbonyl (C=O) groups excluding carboxylic acids is 2. The molecule has 0 radical (unpaired) electrons. The van der Waals surface area contributed by atoms with Gasteiger partial charge in [0.05, 0.1) is 12.6 Å². The van der Waals surface area contributed by atoms with Crippen LogP contribution in [0.2, 0.25) is 0 Å². The Hall–Kier alpha value is -3.87. The van der Waals surface area contributed by atoms with E-state index in [0.717, 1.165) is 16.7 Å². The molecule has 0 aromatic heterocycles. The molecule has 3 aromatic carbocycles. The predicted octanol–water partition coefficient (Wildman–Crippen LogP) is 4.84. The number of halogens is 1. The number of nitrogens with zero attached hydrogens (tertiary/aromatic N) is 1. The van der Waals surface area contributed by atoms with Gasteiger partial charge in [0.15, 0.2) is 0 Å². The summed E-state index contributed by atoms with van der Waals surface area (Å²) in [4.78, 5) is 26.4. The Balaban J connectivity index is 1.56. The number of amides is 3. The van der Waals surface area contributed by atoms with Crippen LogP contribution < -0.4 is 15.4 Å². The molecule has 1 heterocycles. The normalized spacial score (nSPS) is 14.7. The Bertz CT molecular complexity index is 1150. The standard InChI is InChI=1S/C25H24FN3O3/c1-29(2)24(30)18-5-3-4-16(14-18)17-6-11-23-21(15-17)22(12-13-32-23)28-25(31)27-20-9-7-19(26)8-10-20/h3-11,14-15,22H,12-13H2,1-2H3,(H2,27,28,31). The van der Waals surface area contributed by atoms with E-state index in [4.69, 9.17) is 4.74 Å². The number of benzene rings is 3. The molecule has 1 aliphatic heterocycles. The van der Waals surface area contributed by atoms with E-state index < -0.39 is 0 Å². The largest absolute Gasteiger partial charge is 0.493 e. The average Bonchev–Trinajstić information content (AvgIpc) is 2.80. The van der Waals surface area contributed by atoms with Gasteiger partial charge in [-0.1, -0.05) is 18.2 Å². The number of hydrogen-bond donors (Lipinski definition) is 2. The van der Waals surface area contributed by atoms with Crippen LogP contribution in [-0.4, -0.2) is 37.5 Å². The molecule has 6 nitrogen and oxygen atoms in total. The summed E-state index contributed by atoms with van der Waals surface area (Å²) in [7, 11) is 3.44. The second-order valence-electron chi connectivity index (χ2n) is 7.83. The third kappa shape index (κ3) is 4.72. The van der Waals surface area contributed by atoms with Crippen LogP contribution in [0.5, 0.6) is 5.75 Å². The zero-order valence-corrected chi connectivity index (χ0v) is 17.9. The molecule has 32 heavy (non-hydrogen) atoms. The van der Waals surface area contributed by atoms with E-state index in [1.807, 2.05) is 36.4 Å². The van der Waals surface area contributed by atoms with E-state index in [-0.39, 0.29) is 23.8 Å². The summed E-state index contributed by atoms with van der Waals surface area (Å²) in [6.45, 7) is 0.487. The van der Waals surface area contributed by atoms with Crippen molar-refractivity contribution in [3.8, 4) is 16.9 Å². The number of nitrogens with one attached hydrogen (secondary N) is 2. The highest BCUT2D eigenvalue weighted by molar-refractivity contribution is 5.95. The number of urea groups is 1. The molecule has 3 aromatic rings. The Morgan fingerprint density at radius 3 is 2.50 bits per heavy atom. The number of rotatable bonds is 4. The zero-order chi connectivity index (χ0) is 22.7. The quantitative estimate of drug-likeness (QED) is 0.619. The van der Waals surface area contributed by atoms with Crippen molar-refractivity contribution in [2.45, 2.75) is 12.5 Å². The van der Waals surface area contributed by atoms with Crippen molar-refractivity contribution < 1.29 is 18.7 Å². The SMILES string of the molecule is CN(C)C(=O)c1cccc(-c2ccc3c(c2)C(NC(=O)Nc2ccc(F)cc2)CCO3)c1. The Labute approximate surface area is 186 Å². The average molecular weight is 433 g/mol. The summed E-state index contributed by atoms with van der Waals surface area (Å²) >= 11 is 0. The predicted molar refractivity (Wildman–Crippen MR) is 121 cm³/mol. The van der Waals surface area contributed by atoms with E-state index in [1.165, 1.54) is 24.3 Å². The van der Waals surface area contributed by atoms with Crippen molar-refractivity contribution in [3.05, 3.63) is 83.7 Å². The van der Waals surface area contributed by atoms with Crippen molar-refractivity contribution >= 4 is 17.6 Å². The van der Waals surface area contributed by atoms with Crippen LogP contribution in [0, 0.1) is 5.82 Å². The topological polar surface area (TPSA) is 70.7 Å². The van der Waals surface area contributed by atoms with Crippen LogP contribution in [0.15, 0.2) is 66.7 Å². The van der Waals surface area contributed by atoms with E-state index in [0.29, 0.717) is 30.0 Å². The van der Waals surface area contributed by atoms with Gasteiger partial charge in [-0.05, 0) is 59.7 Å². The molecule has 1 unspecified atom stereocenters. The lowest BCUT2D eigenvalue weighted by Gasteiger charge is -2.27. The number of ether oxygens (including phenoxy) is 1. The molecule has 0 aliphatic carbocycles. The molecule has 0 saturated heterocycles. The molecule has 0 spiro atoms. The lowest BCUT2D eigenvalue weighted by Crippen LogP contribution is -2.35. The molecule has 1 aliphatic rings. The van der Waals surface area contributed by atoms with Gasteiger partial charge in [-0.15, -0.1) is 0 Å². The summed E-state index contributed by atoms with van der Waals surface area (Å²) in [6, 6.07) is 18.2. The lowest BCUT2D eigenvalue weighted by atomic mass is 9.95. The van der Waals surface area contributed by atoms with Gasteiger partial charge in [0, 0.05) is 37.3 Å². The minimum absolute atomic E-state index is 0.0647. The van der Waals surface area contributed by atoms with Crippen molar-refractivity contribution in [1.82, 2.24) is 10.2 Å². The first-order valence-electron chi connectivity index (χ1n) is 10.3. The second-order valence-corrected chi connectivity index (χ2v) is 7.83. The van der Waals surface area contributed by atoms with E-state index in [9.17, 15) is 14.0 Å². The maximum atomic E-state index is 13.1. The van der Waals surface area contributed by atoms with Crippen LogP contribution in [0.3, 0.4) is 0 Å². The molecule has 0 bridgehead atoms. The zero-order valence-electron chi connectivity index (χ0n) is 17.9. The number of carbonyl (C=O) groups is 2. The Morgan fingerprint density at radius 1 is 1.00 bits per heavy atom. The molecular formula is C25H24FN3O3. The van der Waals surface area contributed by atoms with Crippen LogP contribution in [0.25, 0.3) is 11.1 Å². The van der Waals surface area contributed by atoms with E-state index in [1.54, 1.807) is 25.1 Å². The minimum Gasteiger partial charge on any atom is -0.493 e. The molecule has 7 heteroatoms. The number of fused-ring (bicyclic) bond motifs is 1. The van der Waals surface area contributed by atoms with Crippen molar-refractivity contribution in [1.29, 1.82) is 0 Å². The molecule has 3 amide bonds. The monoisotopic (exact) mass is 433 g/mol. The molecule has 0 saturated carbocycles. The van der Waals surface area contributed by atoms with Crippen molar-refractivity contribution in [3.63, 3.8) is 0 Å². The van der Waals surface area contributed by atoms with Crippen LogP contribution in [-0.2, 0) is 0 Å². The molecule has 4 rings (SSSR count). The number of hydrogen-bond acceptors (Lipinski definition) is 3. The number of anilines is 1. The fraction of sp³-hybridized carbons (Fsp3) is 0.200. The van der Waals surface area contributed by atoms with Crippen LogP contribution in [0.4, 0.5) is 14.9 Å². The second kappa shape index (κ2) is 9.09. The smallest absolute Gasteiger partial charge is 0.319 e. The Morgan fingerprint density at radius 2 is 1.75 bits per heavy atom. The lowest BCUT2D eigenvalue weighted by molar-refractivity contribution is 0.0827. The minimum atomic E-state index is -0.376. The molecule has 164 valence electrons. The van der Waals surface area contributed by atoms with Crippen molar-refractivity contribution in [2.75, 3.05) is 26.0 Å². The summed E-state index contributed by atoms with van der Waals surface area (Å²) < 4.78 is 18.9. The van der Waals surface area contributed by atoms with Crippen LogP contribution in [0.1, 0.15) is 28.4 Å². The molecule has 2 N–H and O–H groups in total.